The van der Waals surface area contributed by atoms with Gasteiger partial charge in [0.2, 0.25) is 0 Å². The van der Waals surface area contributed by atoms with E-state index >= 15 is 0 Å². The van der Waals surface area contributed by atoms with E-state index in [1.807, 2.05) is 24.3 Å². The molecule has 0 fully saturated rings. The third kappa shape index (κ3) is 3.33. The molecule has 4 rings (SSSR count). The lowest BCUT2D eigenvalue weighted by Crippen LogP contribution is -2.47. The molecule has 0 heterocycles. The Labute approximate surface area is 168 Å². The second-order valence-electron chi connectivity index (χ2n) is 8.18. The van der Waals surface area contributed by atoms with Crippen LogP contribution >= 0.6 is 11.6 Å². The first-order valence-electron chi connectivity index (χ1n) is 9.38. The predicted octanol–water partition coefficient (Wildman–Crippen LogP) is 3.14. The summed E-state index contributed by atoms with van der Waals surface area (Å²) in [6, 6.07) is 11.4. The molecule has 2 aromatic carbocycles. The number of rotatable bonds is 1. The van der Waals surface area contributed by atoms with Crippen molar-refractivity contribution in [3.05, 3.63) is 68.4 Å². The van der Waals surface area contributed by atoms with Crippen LogP contribution < -0.4 is 15.8 Å². The van der Waals surface area contributed by atoms with Crippen LogP contribution in [-0.4, -0.2) is 23.5 Å². The van der Waals surface area contributed by atoms with E-state index in [2.05, 4.69) is 23.5 Å². The van der Waals surface area contributed by atoms with Crippen LogP contribution in [-0.2, 0) is 11.2 Å². The summed E-state index contributed by atoms with van der Waals surface area (Å²) in [7, 11) is 0. The maximum atomic E-state index is 13.3. The number of fused-ring (bicyclic) bond motifs is 4. The highest BCUT2D eigenvalue weighted by molar-refractivity contribution is 6.46. The van der Waals surface area contributed by atoms with Gasteiger partial charge in [-0.15, -0.1) is 0 Å². The molecule has 4 nitrogen and oxygen atoms in total. The Morgan fingerprint density at radius 1 is 1.11 bits per heavy atom. The van der Waals surface area contributed by atoms with Gasteiger partial charge in [0.1, 0.15) is 11.6 Å². The van der Waals surface area contributed by atoms with Gasteiger partial charge < -0.3 is 10.1 Å². The Kier molecular flexibility index (Phi) is 4.54. The van der Waals surface area contributed by atoms with Gasteiger partial charge >= 0.3 is 6.09 Å². The molecule has 1 amide bonds. The first-order valence-corrected chi connectivity index (χ1v) is 9.76. The third-order valence-corrected chi connectivity index (χ3v) is 5.38. The maximum Gasteiger partial charge on any atom is 0.408 e. The number of hydrogen-bond donors (Lipinski definition) is 1. The number of alkyl carbamates (subject to hydrolysis) is 1. The first-order chi connectivity index (χ1) is 13.2. The predicted molar refractivity (Wildman–Crippen MR) is 109 cm³/mol. The fourth-order valence-electron chi connectivity index (χ4n) is 3.87. The molecular weight excluding hydrogens is 374 g/mol. The molecule has 0 unspecified atom stereocenters. The summed E-state index contributed by atoms with van der Waals surface area (Å²) in [4.78, 5) is 25.5. The molecule has 5 heteroatoms. The van der Waals surface area contributed by atoms with Gasteiger partial charge in [-0.2, -0.15) is 0 Å². The van der Waals surface area contributed by atoms with Crippen LogP contribution in [0, 0.1) is 10.4 Å². The Bertz CT molecular complexity index is 1210. The molecule has 28 heavy (non-hydrogen) atoms. The molecule has 2 aliphatic rings. The van der Waals surface area contributed by atoms with Gasteiger partial charge in [-0.3, -0.25) is 4.79 Å². The van der Waals surface area contributed by atoms with Crippen molar-refractivity contribution in [1.29, 1.82) is 0 Å². The fraction of sp³-hybridized carbons (Fsp3) is 0.304. The summed E-state index contributed by atoms with van der Waals surface area (Å²) in [5.74, 6) is -0.116. The third-order valence-electron chi connectivity index (χ3n) is 5.02. The number of amides is 1. The number of Topliss-reactive ketones (excluding diaryl/α,β-unsaturated/α-hetero) is 1. The lowest BCUT2D eigenvalue weighted by Gasteiger charge is -2.26. The summed E-state index contributed by atoms with van der Waals surface area (Å²) >= 11 is 6.53. The molecule has 0 radical (unpaired) electrons. The average molecular weight is 396 g/mol. The standard InChI is InChI=1S/C23H22ClNO3/c1-23(2,3)28-22(27)25-19-12-18(24)17-11-10-15-14-7-5-4-6-13(14)8-9-16(15)20(17)21(19)26/h4-8,10-11,19H,9,12H2,1-3H3,(H,25,27)/t19-/m1/s1. The minimum atomic E-state index is -0.724. The van der Waals surface area contributed by atoms with Crippen LogP contribution in [0.5, 0.6) is 0 Å². The number of benzene rings is 2. The minimum absolute atomic E-state index is 0.116. The summed E-state index contributed by atoms with van der Waals surface area (Å²) in [5, 5.41) is 7.36. The van der Waals surface area contributed by atoms with E-state index in [4.69, 9.17) is 16.3 Å². The van der Waals surface area contributed by atoms with Crippen LogP contribution in [0.1, 0.15) is 43.1 Å². The van der Waals surface area contributed by atoms with E-state index in [0.29, 0.717) is 17.0 Å². The van der Waals surface area contributed by atoms with E-state index < -0.39 is 17.7 Å². The van der Waals surface area contributed by atoms with Crippen molar-refractivity contribution < 1.29 is 14.3 Å². The quantitative estimate of drug-likeness (QED) is 0.807. The fourth-order valence-corrected chi connectivity index (χ4v) is 4.19. The Hall–Kier alpha value is -2.59. The molecule has 144 valence electrons. The number of ketones is 1. The molecule has 1 atom stereocenters. The van der Waals surface area contributed by atoms with E-state index in [0.717, 1.165) is 26.4 Å². The molecule has 0 bridgehead atoms. The molecule has 0 spiro atoms. The molecule has 2 aliphatic carbocycles. The maximum absolute atomic E-state index is 13.3. The summed E-state index contributed by atoms with van der Waals surface area (Å²) < 4.78 is 5.31. The molecule has 0 aliphatic heterocycles. The summed E-state index contributed by atoms with van der Waals surface area (Å²) in [6.45, 7) is 5.36. The van der Waals surface area contributed by atoms with Crippen LogP contribution in [0.15, 0.2) is 36.4 Å². The van der Waals surface area contributed by atoms with E-state index in [1.54, 1.807) is 20.8 Å². The van der Waals surface area contributed by atoms with E-state index in [1.165, 1.54) is 0 Å². The van der Waals surface area contributed by atoms with Crippen molar-refractivity contribution in [2.24, 2.45) is 0 Å². The Balaban J connectivity index is 1.82. The molecule has 2 aromatic rings. The number of ether oxygens (including phenoxy) is 1. The van der Waals surface area contributed by atoms with Crippen molar-refractivity contribution in [2.75, 3.05) is 0 Å². The smallest absolute Gasteiger partial charge is 0.408 e. The molecule has 0 saturated heterocycles. The number of carbonyl (C=O) groups excluding carboxylic acids is 2. The number of halogens is 1. The normalized spacial score (nSPS) is 17.8. The van der Waals surface area contributed by atoms with Gasteiger partial charge in [0.25, 0.3) is 0 Å². The highest BCUT2D eigenvalue weighted by Crippen LogP contribution is 2.24. The Morgan fingerprint density at radius 3 is 2.57 bits per heavy atom. The van der Waals surface area contributed by atoms with Gasteiger partial charge in [0.05, 0.1) is 0 Å². The highest BCUT2D eigenvalue weighted by atomic mass is 35.5. The van der Waals surface area contributed by atoms with Gasteiger partial charge in [-0.05, 0) is 48.4 Å². The van der Waals surface area contributed by atoms with E-state index in [-0.39, 0.29) is 12.2 Å². The molecule has 1 N–H and O–H groups in total. The second kappa shape index (κ2) is 6.78. The lowest BCUT2D eigenvalue weighted by molar-refractivity contribution is 0.0492. The average Bonchev–Trinajstić information content (AvgIpc) is 2.63. The van der Waals surface area contributed by atoms with Crippen LogP contribution in [0.25, 0.3) is 11.1 Å². The Morgan fingerprint density at radius 2 is 1.82 bits per heavy atom. The highest BCUT2D eigenvalue weighted by Gasteiger charge is 2.32. The zero-order valence-electron chi connectivity index (χ0n) is 16.1. The zero-order chi connectivity index (χ0) is 20.1. The largest absolute Gasteiger partial charge is 0.444 e. The number of carbonyl (C=O) groups is 2. The van der Waals surface area contributed by atoms with Crippen LogP contribution in [0.4, 0.5) is 4.79 Å². The van der Waals surface area contributed by atoms with Crippen molar-refractivity contribution in [1.82, 2.24) is 5.32 Å². The van der Waals surface area contributed by atoms with E-state index in [9.17, 15) is 9.59 Å². The first kappa shape index (κ1) is 18.8. The van der Waals surface area contributed by atoms with Gasteiger partial charge in [0.15, 0.2) is 5.78 Å². The van der Waals surface area contributed by atoms with Crippen molar-refractivity contribution in [2.45, 2.75) is 45.3 Å². The molecular formula is C23H22ClNO3. The topological polar surface area (TPSA) is 55.4 Å². The number of hydrogen-bond acceptors (Lipinski definition) is 3. The van der Waals surface area contributed by atoms with Gasteiger partial charge in [-0.25, -0.2) is 4.79 Å². The van der Waals surface area contributed by atoms with Crippen molar-refractivity contribution in [3.8, 4) is 0 Å². The lowest BCUT2D eigenvalue weighted by atomic mass is 9.86. The van der Waals surface area contributed by atoms with Gasteiger partial charge in [0, 0.05) is 22.2 Å². The minimum Gasteiger partial charge on any atom is -0.444 e. The monoisotopic (exact) mass is 395 g/mol. The number of nitrogens with one attached hydrogen (secondary N) is 1. The van der Waals surface area contributed by atoms with Crippen molar-refractivity contribution >= 4 is 34.6 Å². The van der Waals surface area contributed by atoms with Gasteiger partial charge in [-0.1, -0.05) is 54.1 Å². The second-order valence-corrected chi connectivity index (χ2v) is 8.64. The molecule has 0 aromatic heterocycles. The summed E-state index contributed by atoms with van der Waals surface area (Å²) in [5.41, 5.74) is 0.945. The zero-order valence-corrected chi connectivity index (χ0v) is 16.9. The summed E-state index contributed by atoms with van der Waals surface area (Å²) in [6.07, 6.45) is 2.45. The SMILES string of the molecule is CC(C)(C)OC(=O)N[C@@H]1CC(Cl)=c2ccc3c(c2C1=O)CC=c1ccccc1=3. The van der Waals surface area contributed by atoms with Crippen LogP contribution in [0.2, 0.25) is 0 Å². The van der Waals surface area contributed by atoms with Crippen molar-refractivity contribution in [3.63, 3.8) is 0 Å². The molecule has 0 saturated carbocycles. The van der Waals surface area contributed by atoms with Crippen LogP contribution in [0.3, 0.4) is 0 Å².